The zero-order valence-corrected chi connectivity index (χ0v) is 9.54. The molecule has 0 N–H and O–H groups in total. The molecule has 17 heavy (non-hydrogen) atoms. The normalized spacial score (nSPS) is 17.7. The van der Waals surface area contributed by atoms with Gasteiger partial charge in [-0.1, -0.05) is 0 Å². The molecule has 0 radical (unpaired) electrons. The molecular weight excluding hydrogens is 213 g/mol. The monoisotopic (exact) mass is 226 g/mol. The molecule has 1 aliphatic heterocycles. The van der Waals surface area contributed by atoms with Gasteiger partial charge in [0, 0.05) is 28.7 Å². The quantitative estimate of drug-likeness (QED) is 0.607. The number of hydrogen-bond acceptors (Lipinski definition) is 0. The van der Waals surface area contributed by atoms with E-state index >= 15 is 0 Å². The standard InChI is InChI=1S/C15H13FN/c16-12-6-4-10-5-7-14-13-3-1-2-11(13)9-17(14)15(10)8-12/h4-8H,1-3,9H2/q+1. The molecule has 0 bridgehead atoms. The number of halogens is 1. The molecule has 84 valence electrons. The van der Waals surface area contributed by atoms with Crippen LogP contribution in [-0.2, 0) is 6.54 Å². The SMILES string of the molecule is Fc1ccc2ccc3[n+](c2c1)CC1=C3CCC1. The summed E-state index contributed by atoms with van der Waals surface area (Å²) in [4.78, 5) is 0. The van der Waals surface area contributed by atoms with Gasteiger partial charge in [0.05, 0.1) is 0 Å². The number of hydrogen-bond donors (Lipinski definition) is 0. The van der Waals surface area contributed by atoms with Gasteiger partial charge in [0.25, 0.3) is 0 Å². The Hall–Kier alpha value is -1.70. The molecule has 0 amide bonds. The van der Waals surface area contributed by atoms with Gasteiger partial charge >= 0.3 is 0 Å². The fraction of sp³-hybridized carbons (Fsp3) is 0.267. The third-order valence-electron chi connectivity index (χ3n) is 3.99. The Morgan fingerprint density at radius 2 is 1.94 bits per heavy atom. The van der Waals surface area contributed by atoms with E-state index in [9.17, 15) is 4.39 Å². The van der Waals surface area contributed by atoms with Crippen LogP contribution in [0.15, 0.2) is 35.9 Å². The molecule has 0 saturated carbocycles. The molecule has 2 aromatic rings. The predicted molar refractivity (Wildman–Crippen MR) is 64.9 cm³/mol. The highest BCUT2D eigenvalue weighted by Gasteiger charge is 2.33. The molecule has 1 nitrogen and oxygen atoms in total. The maximum absolute atomic E-state index is 13.4. The van der Waals surface area contributed by atoms with Crippen LogP contribution in [0.1, 0.15) is 25.0 Å². The molecule has 1 aliphatic carbocycles. The van der Waals surface area contributed by atoms with E-state index in [1.54, 1.807) is 11.6 Å². The molecule has 0 saturated heterocycles. The van der Waals surface area contributed by atoms with E-state index in [-0.39, 0.29) is 5.82 Å². The lowest BCUT2D eigenvalue weighted by Gasteiger charge is -2.02. The maximum Gasteiger partial charge on any atom is 0.216 e. The molecule has 0 atom stereocenters. The van der Waals surface area contributed by atoms with Gasteiger partial charge in [-0.2, -0.15) is 4.57 Å². The minimum atomic E-state index is -0.148. The van der Waals surface area contributed by atoms with Crippen molar-refractivity contribution in [1.29, 1.82) is 0 Å². The van der Waals surface area contributed by atoms with Gasteiger partial charge in [0.15, 0.2) is 6.54 Å². The second-order valence-electron chi connectivity index (χ2n) is 4.94. The van der Waals surface area contributed by atoms with Crippen molar-refractivity contribution in [3.05, 3.63) is 47.4 Å². The first-order chi connectivity index (χ1) is 8.33. The molecule has 2 heteroatoms. The first-order valence-corrected chi connectivity index (χ1v) is 6.16. The van der Waals surface area contributed by atoms with Crippen molar-refractivity contribution in [1.82, 2.24) is 0 Å². The summed E-state index contributed by atoms with van der Waals surface area (Å²) in [5.41, 5.74) is 5.39. The Morgan fingerprint density at radius 1 is 1.06 bits per heavy atom. The number of fused-ring (bicyclic) bond motifs is 4. The molecule has 0 unspecified atom stereocenters. The van der Waals surface area contributed by atoms with Crippen LogP contribution in [0.5, 0.6) is 0 Å². The number of benzene rings is 1. The average molecular weight is 226 g/mol. The maximum atomic E-state index is 13.4. The first-order valence-electron chi connectivity index (χ1n) is 6.16. The van der Waals surface area contributed by atoms with Crippen LogP contribution in [0, 0.1) is 5.82 Å². The Balaban J connectivity index is 2.03. The summed E-state index contributed by atoms with van der Waals surface area (Å²) < 4.78 is 15.6. The van der Waals surface area contributed by atoms with E-state index < -0.39 is 0 Å². The predicted octanol–water partition coefficient (Wildman–Crippen LogP) is 3.22. The van der Waals surface area contributed by atoms with Crippen molar-refractivity contribution < 1.29 is 8.96 Å². The lowest BCUT2D eigenvalue weighted by Crippen LogP contribution is -2.35. The van der Waals surface area contributed by atoms with E-state index in [1.165, 1.54) is 36.6 Å². The number of pyridine rings is 1. The number of nitrogens with zero attached hydrogens (tertiary/aromatic N) is 1. The number of rotatable bonds is 0. The van der Waals surface area contributed by atoms with Crippen molar-refractivity contribution in [2.75, 3.05) is 0 Å². The molecule has 0 fully saturated rings. The number of aromatic nitrogens is 1. The van der Waals surface area contributed by atoms with Gasteiger partial charge in [0.1, 0.15) is 5.82 Å². The first kappa shape index (κ1) is 9.34. The van der Waals surface area contributed by atoms with E-state index in [4.69, 9.17) is 0 Å². The second kappa shape index (κ2) is 3.16. The van der Waals surface area contributed by atoms with Crippen LogP contribution in [0.4, 0.5) is 4.39 Å². The third kappa shape index (κ3) is 1.21. The summed E-state index contributed by atoms with van der Waals surface area (Å²) in [5.74, 6) is -0.148. The van der Waals surface area contributed by atoms with Gasteiger partial charge in [0.2, 0.25) is 11.2 Å². The Labute approximate surface area is 99.2 Å². The Morgan fingerprint density at radius 3 is 2.88 bits per heavy atom. The molecular formula is C15H13FN+. The molecule has 1 aromatic heterocycles. The average Bonchev–Trinajstić information content (AvgIpc) is 2.88. The largest absolute Gasteiger partial charge is 0.216 e. The van der Waals surface area contributed by atoms with Crippen LogP contribution in [0.3, 0.4) is 0 Å². The molecule has 1 aromatic carbocycles. The van der Waals surface area contributed by atoms with Crippen molar-refractivity contribution in [2.45, 2.75) is 25.8 Å². The molecule has 4 rings (SSSR count). The smallest absolute Gasteiger partial charge is 0.207 e. The van der Waals surface area contributed by atoms with Crippen LogP contribution in [0.2, 0.25) is 0 Å². The number of allylic oxidation sites excluding steroid dienone is 2. The van der Waals surface area contributed by atoms with E-state index in [0.717, 1.165) is 17.4 Å². The van der Waals surface area contributed by atoms with Crippen LogP contribution in [-0.4, -0.2) is 0 Å². The van der Waals surface area contributed by atoms with Gasteiger partial charge in [-0.05, 0) is 37.5 Å². The minimum Gasteiger partial charge on any atom is -0.207 e. The van der Waals surface area contributed by atoms with Crippen LogP contribution in [0.25, 0.3) is 16.5 Å². The van der Waals surface area contributed by atoms with Gasteiger partial charge in [-0.15, -0.1) is 0 Å². The fourth-order valence-corrected chi connectivity index (χ4v) is 3.19. The highest BCUT2D eigenvalue weighted by Crippen LogP contribution is 2.37. The summed E-state index contributed by atoms with van der Waals surface area (Å²) in [7, 11) is 0. The Kier molecular flexibility index (Phi) is 1.74. The van der Waals surface area contributed by atoms with Gasteiger partial charge in [-0.3, -0.25) is 0 Å². The minimum absolute atomic E-state index is 0.148. The molecule has 2 heterocycles. The highest BCUT2D eigenvalue weighted by atomic mass is 19.1. The zero-order chi connectivity index (χ0) is 11.4. The van der Waals surface area contributed by atoms with Crippen molar-refractivity contribution >= 4 is 16.5 Å². The Bertz CT molecular complexity index is 670. The molecule has 2 aliphatic rings. The summed E-state index contributed by atoms with van der Waals surface area (Å²) in [6, 6.07) is 9.34. The zero-order valence-electron chi connectivity index (χ0n) is 9.54. The van der Waals surface area contributed by atoms with Crippen molar-refractivity contribution in [3.8, 4) is 0 Å². The summed E-state index contributed by atoms with van der Waals surface area (Å²) in [6.07, 6.45) is 3.69. The van der Waals surface area contributed by atoms with E-state index in [1.807, 2.05) is 6.07 Å². The topological polar surface area (TPSA) is 3.88 Å². The van der Waals surface area contributed by atoms with Crippen LogP contribution >= 0.6 is 0 Å². The van der Waals surface area contributed by atoms with E-state index in [0.29, 0.717) is 0 Å². The second-order valence-corrected chi connectivity index (χ2v) is 4.94. The van der Waals surface area contributed by atoms with Gasteiger partial charge in [-0.25, -0.2) is 4.39 Å². The van der Waals surface area contributed by atoms with Crippen molar-refractivity contribution in [2.24, 2.45) is 0 Å². The summed E-state index contributed by atoms with van der Waals surface area (Å²) >= 11 is 0. The highest BCUT2D eigenvalue weighted by molar-refractivity contribution is 5.79. The fourth-order valence-electron chi connectivity index (χ4n) is 3.19. The lowest BCUT2D eigenvalue weighted by atomic mass is 10.1. The summed E-state index contributed by atoms with van der Waals surface area (Å²) in [5, 5.41) is 1.12. The lowest BCUT2D eigenvalue weighted by molar-refractivity contribution is -0.660. The summed E-state index contributed by atoms with van der Waals surface area (Å²) in [6.45, 7) is 0.964. The van der Waals surface area contributed by atoms with Crippen molar-refractivity contribution in [3.63, 3.8) is 0 Å². The third-order valence-corrected chi connectivity index (χ3v) is 3.99. The van der Waals surface area contributed by atoms with E-state index in [2.05, 4.69) is 16.7 Å². The molecule has 0 spiro atoms. The van der Waals surface area contributed by atoms with Gasteiger partial charge < -0.3 is 0 Å². The van der Waals surface area contributed by atoms with Crippen LogP contribution < -0.4 is 4.57 Å².